The van der Waals surface area contributed by atoms with E-state index < -0.39 is 0 Å². The summed E-state index contributed by atoms with van der Waals surface area (Å²) in [6.45, 7) is 1.60. The number of anilines is 1. The van der Waals surface area contributed by atoms with Gasteiger partial charge in [0.1, 0.15) is 0 Å². The van der Waals surface area contributed by atoms with Crippen LogP contribution in [0.5, 0.6) is 0 Å². The molecule has 0 bridgehead atoms. The van der Waals surface area contributed by atoms with E-state index in [0.717, 1.165) is 18.7 Å². The summed E-state index contributed by atoms with van der Waals surface area (Å²) >= 11 is 0. The Balaban J connectivity index is 2.04. The Bertz CT molecular complexity index is 611. The van der Waals surface area contributed by atoms with E-state index in [0.29, 0.717) is 11.3 Å². The first-order valence-electron chi connectivity index (χ1n) is 6.93. The lowest BCUT2D eigenvalue weighted by atomic mass is 10.1. The van der Waals surface area contributed by atoms with Gasteiger partial charge in [-0.2, -0.15) is 0 Å². The zero-order valence-corrected chi connectivity index (χ0v) is 12.5. The predicted octanol–water partition coefficient (Wildman–Crippen LogP) is 2.26. The van der Waals surface area contributed by atoms with Crippen LogP contribution in [-0.2, 0) is 13.1 Å². The van der Waals surface area contributed by atoms with Gasteiger partial charge in [0.2, 0.25) is 0 Å². The molecule has 21 heavy (non-hydrogen) atoms. The first-order chi connectivity index (χ1) is 10.1. The molecule has 0 saturated carbocycles. The van der Waals surface area contributed by atoms with Crippen LogP contribution in [-0.4, -0.2) is 24.9 Å². The summed E-state index contributed by atoms with van der Waals surface area (Å²) in [5.41, 5.74) is 9.58. The lowest BCUT2D eigenvalue weighted by Gasteiger charge is -2.18. The molecule has 3 N–H and O–H groups in total. The molecule has 0 aliphatic carbocycles. The Morgan fingerprint density at radius 3 is 2.48 bits per heavy atom. The van der Waals surface area contributed by atoms with Crippen LogP contribution in [0.1, 0.15) is 21.5 Å². The smallest absolute Gasteiger partial charge is 0.251 e. The Morgan fingerprint density at radius 2 is 1.86 bits per heavy atom. The van der Waals surface area contributed by atoms with Crippen molar-refractivity contribution >= 4 is 11.6 Å². The van der Waals surface area contributed by atoms with Gasteiger partial charge in [-0.05, 0) is 30.3 Å². The third-order valence-corrected chi connectivity index (χ3v) is 3.37. The van der Waals surface area contributed by atoms with Crippen LogP contribution >= 0.6 is 0 Å². The molecule has 0 spiro atoms. The molecule has 0 aliphatic heterocycles. The van der Waals surface area contributed by atoms with Crippen LogP contribution in [0.3, 0.4) is 0 Å². The maximum Gasteiger partial charge on any atom is 0.251 e. The maximum absolute atomic E-state index is 11.6. The number of hydrogen-bond acceptors (Lipinski definition) is 3. The van der Waals surface area contributed by atoms with Gasteiger partial charge in [-0.1, -0.05) is 36.4 Å². The second-order valence-corrected chi connectivity index (χ2v) is 5.15. The number of rotatable bonds is 5. The van der Waals surface area contributed by atoms with E-state index in [-0.39, 0.29) is 5.91 Å². The van der Waals surface area contributed by atoms with E-state index in [1.165, 1.54) is 5.56 Å². The quantitative estimate of drug-likeness (QED) is 0.828. The lowest BCUT2D eigenvalue weighted by Crippen LogP contribution is -2.20. The molecule has 4 nitrogen and oxygen atoms in total. The van der Waals surface area contributed by atoms with E-state index in [1.807, 2.05) is 24.3 Å². The van der Waals surface area contributed by atoms with Crippen molar-refractivity contribution in [1.82, 2.24) is 10.2 Å². The number of nitrogens with one attached hydrogen (secondary N) is 1. The van der Waals surface area contributed by atoms with Gasteiger partial charge in [0.05, 0.1) is 0 Å². The first-order valence-corrected chi connectivity index (χ1v) is 6.93. The van der Waals surface area contributed by atoms with Crippen molar-refractivity contribution in [3.05, 3.63) is 65.2 Å². The van der Waals surface area contributed by atoms with Gasteiger partial charge in [0, 0.05) is 31.4 Å². The Labute approximate surface area is 125 Å². The van der Waals surface area contributed by atoms with E-state index in [2.05, 4.69) is 29.4 Å². The monoisotopic (exact) mass is 283 g/mol. The van der Waals surface area contributed by atoms with Gasteiger partial charge in [-0.25, -0.2) is 0 Å². The Kier molecular flexibility index (Phi) is 4.95. The molecule has 0 aliphatic rings. The summed E-state index contributed by atoms with van der Waals surface area (Å²) in [4.78, 5) is 13.8. The van der Waals surface area contributed by atoms with Crippen molar-refractivity contribution in [3.63, 3.8) is 0 Å². The standard InChI is InChI=1S/C17H21N3O/c1-19-17(21)14-8-9-15(16(18)10-14)12-20(2)11-13-6-4-3-5-7-13/h3-10H,11-12,18H2,1-2H3,(H,19,21). The molecule has 0 fully saturated rings. The van der Waals surface area contributed by atoms with Crippen LogP contribution in [0.15, 0.2) is 48.5 Å². The second kappa shape index (κ2) is 6.90. The minimum atomic E-state index is -0.120. The largest absolute Gasteiger partial charge is 0.398 e. The summed E-state index contributed by atoms with van der Waals surface area (Å²) in [7, 11) is 3.67. The van der Waals surface area contributed by atoms with E-state index in [4.69, 9.17) is 5.73 Å². The molecule has 0 aromatic heterocycles. The normalized spacial score (nSPS) is 10.6. The number of nitrogens with zero attached hydrogens (tertiary/aromatic N) is 1. The average Bonchev–Trinajstić information content (AvgIpc) is 2.49. The maximum atomic E-state index is 11.6. The van der Waals surface area contributed by atoms with Crippen LogP contribution in [0.25, 0.3) is 0 Å². The van der Waals surface area contributed by atoms with E-state index in [9.17, 15) is 4.79 Å². The molecule has 110 valence electrons. The van der Waals surface area contributed by atoms with Crippen LogP contribution in [0, 0.1) is 0 Å². The van der Waals surface area contributed by atoms with Crippen LogP contribution in [0.2, 0.25) is 0 Å². The Morgan fingerprint density at radius 1 is 1.14 bits per heavy atom. The number of amides is 1. The van der Waals surface area contributed by atoms with Crippen LogP contribution in [0.4, 0.5) is 5.69 Å². The molecule has 0 saturated heterocycles. The molecule has 2 aromatic rings. The Hall–Kier alpha value is -2.33. The zero-order valence-electron chi connectivity index (χ0n) is 12.5. The van der Waals surface area contributed by atoms with Crippen molar-refractivity contribution in [3.8, 4) is 0 Å². The third kappa shape index (κ3) is 4.07. The number of nitrogen functional groups attached to an aromatic ring is 1. The SMILES string of the molecule is CNC(=O)c1ccc(CN(C)Cc2ccccc2)c(N)c1. The molecule has 0 atom stereocenters. The van der Waals surface area contributed by atoms with Gasteiger partial charge in [0.25, 0.3) is 5.91 Å². The van der Waals surface area contributed by atoms with Gasteiger partial charge < -0.3 is 11.1 Å². The summed E-state index contributed by atoms with van der Waals surface area (Å²) in [6, 6.07) is 15.8. The molecular weight excluding hydrogens is 262 g/mol. The number of carbonyl (C=O) groups excluding carboxylic acids is 1. The molecule has 2 rings (SSSR count). The number of benzene rings is 2. The number of hydrogen-bond donors (Lipinski definition) is 2. The molecule has 0 unspecified atom stereocenters. The summed E-state index contributed by atoms with van der Waals surface area (Å²) < 4.78 is 0. The van der Waals surface area contributed by atoms with Crippen molar-refractivity contribution in [2.45, 2.75) is 13.1 Å². The zero-order chi connectivity index (χ0) is 15.2. The van der Waals surface area contributed by atoms with Gasteiger partial charge in [0.15, 0.2) is 0 Å². The molecule has 4 heteroatoms. The van der Waals surface area contributed by atoms with Crippen molar-refractivity contribution in [2.75, 3.05) is 19.8 Å². The highest BCUT2D eigenvalue weighted by atomic mass is 16.1. The highest BCUT2D eigenvalue weighted by Crippen LogP contribution is 2.17. The topological polar surface area (TPSA) is 58.4 Å². The highest BCUT2D eigenvalue weighted by Gasteiger charge is 2.08. The fraction of sp³-hybridized carbons (Fsp3) is 0.235. The summed E-state index contributed by atoms with van der Waals surface area (Å²) in [5.74, 6) is -0.120. The molecule has 0 heterocycles. The molecule has 2 aromatic carbocycles. The average molecular weight is 283 g/mol. The summed E-state index contributed by atoms with van der Waals surface area (Å²) in [5, 5.41) is 2.60. The van der Waals surface area contributed by atoms with Crippen molar-refractivity contribution in [1.29, 1.82) is 0 Å². The summed E-state index contributed by atoms with van der Waals surface area (Å²) in [6.07, 6.45) is 0. The van der Waals surface area contributed by atoms with Gasteiger partial charge in [-0.15, -0.1) is 0 Å². The first kappa shape index (κ1) is 15.1. The second-order valence-electron chi connectivity index (χ2n) is 5.15. The molecule has 0 radical (unpaired) electrons. The number of carbonyl (C=O) groups is 1. The van der Waals surface area contributed by atoms with Crippen molar-refractivity contribution in [2.24, 2.45) is 0 Å². The predicted molar refractivity (Wildman–Crippen MR) is 85.9 cm³/mol. The highest BCUT2D eigenvalue weighted by molar-refractivity contribution is 5.95. The van der Waals surface area contributed by atoms with E-state index in [1.54, 1.807) is 19.2 Å². The fourth-order valence-electron chi connectivity index (χ4n) is 2.27. The molecular formula is C17H21N3O. The minimum absolute atomic E-state index is 0.120. The minimum Gasteiger partial charge on any atom is -0.398 e. The van der Waals surface area contributed by atoms with Gasteiger partial charge >= 0.3 is 0 Å². The van der Waals surface area contributed by atoms with E-state index >= 15 is 0 Å². The third-order valence-electron chi connectivity index (χ3n) is 3.37. The lowest BCUT2D eigenvalue weighted by molar-refractivity contribution is 0.0963. The van der Waals surface area contributed by atoms with Gasteiger partial charge in [-0.3, -0.25) is 9.69 Å². The van der Waals surface area contributed by atoms with Crippen LogP contribution < -0.4 is 11.1 Å². The molecule has 1 amide bonds. The number of nitrogens with two attached hydrogens (primary N) is 1. The fourth-order valence-corrected chi connectivity index (χ4v) is 2.27. The van der Waals surface area contributed by atoms with Crippen molar-refractivity contribution < 1.29 is 4.79 Å².